The van der Waals surface area contributed by atoms with E-state index in [0.717, 1.165) is 27.8 Å². The van der Waals surface area contributed by atoms with E-state index in [4.69, 9.17) is 4.74 Å². The third-order valence-corrected chi connectivity index (χ3v) is 5.39. The van der Waals surface area contributed by atoms with Crippen molar-refractivity contribution in [1.29, 1.82) is 0 Å². The van der Waals surface area contributed by atoms with Crippen LogP contribution in [0, 0.1) is 24.0 Å². The molecule has 0 saturated carbocycles. The molecule has 29 heavy (non-hydrogen) atoms. The molecule has 156 valence electrons. The van der Waals surface area contributed by atoms with Crippen LogP contribution < -0.4 is 14.4 Å². The largest absolute Gasteiger partial charge is 0.491 e. The van der Waals surface area contributed by atoms with Crippen molar-refractivity contribution in [2.45, 2.75) is 13.8 Å². The van der Waals surface area contributed by atoms with E-state index in [2.05, 4.69) is 5.32 Å². The Morgan fingerprint density at radius 1 is 1.21 bits per heavy atom. The number of non-ortho nitro benzene ring substituents is 1. The number of carbonyl (C=O) groups is 1. The highest BCUT2D eigenvalue weighted by Crippen LogP contribution is 2.23. The number of rotatable bonds is 9. The van der Waals surface area contributed by atoms with Gasteiger partial charge in [0.15, 0.2) is 0 Å². The number of nitro benzene ring substituents is 1. The van der Waals surface area contributed by atoms with Crippen LogP contribution in [0.4, 0.5) is 11.4 Å². The third-order valence-electron chi connectivity index (χ3n) is 4.25. The summed E-state index contributed by atoms with van der Waals surface area (Å²) in [6, 6.07) is 10.8. The molecular weight excluding hydrogens is 398 g/mol. The summed E-state index contributed by atoms with van der Waals surface area (Å²) in [5.41, 5.74) is 1.88. The summed E-state index contributed by atoms with van der Waals surface area (Å²) in [5.74, 6) is 0.167. The fourth-order valence-electron chi connectivity index (χ4n) is 2.58. The molecule has 0 saturated heterocycles. The number of aryl methyl sites for hydroxylation is 1. The number of anilines is 1. The predicted octanol–water partition coefficient (Wildman–Crippen LogP) is 2.17. The molecule has 0 bridgehead atoms. The molecule has 0 aliphatic heterocycles. The number of nitro groups is 1. The van der Waals surface area contributed by atoms with E-state index in [9.17, 15) is 23.3 Å². The van der Waals surface area contributed by atoms with Gasteiger partial charge in [0.25, 0.3) is 5.69 Å². The third kappa shape index (κ3) is 6.18. The Morgan fingerprint density at radius 2 is 1.90 bits per heavy atom. The van der Waals surface area contributed by atoms with Crippen LogP contribution in [0.5, 0.6) is 5.75 Å². The number of hydrogen-bond donors (Lipinski definition) is 1. The van der Waals surface area contributed by atoms with E-state index < -0.39 is 27.4 Å². The van der Waals surface area contributed by atoms with Crippen molar-refractivity contribution in [3.05, 3.63) is 63.7 Å². The number of carbonyl (C=O) groups excluding carboxylic acids is 1. The Hall–Kier alpha value is -3.14. The molecule has 0 fully saturated rings. The second kappa shape index (κ2) is 9.37. The van der Waals surface area contributed by atoms with Crippen LogP contribution in [-0.2, 0) is 14.8 Å². The first kappa shape index (κ1) is 22.2. The zero-order valence-electron chi connectivity index (χ0n) is 16.4. The number of nitrogens with zero attached hydrogens (tertiary/aromatic N) is 2. The zero-order valence-corrected chi connectivity index (χ0v) is 17.2. The Bertz CT molecular complexity index is 1010. The molecule has 0 unspecified atom stereocenters. The van der Waals surface area contributed by atoms with Gasteiger partial charge in [-0.15, -0.1) is 0 Å². The lowest BCUT2D eigenvalue weighted by Crippen LogP contribution is -2.41. The van der Waals surface area contributed by atoms with Crippen LogP contribution in [-0.4, -0.2) is 45.2 Å². The molecule has 1 N–H and O–H groups in total. The molecule has 2 rings (SSSR count). The van der Waals surface area contributed by atoms with E-state index in [1.165, 1.54) is 18.2 Å². The summed E-state index contributed by atoms with van der Waals surface area (Å²) in [6.07, 6.45) is 0.933. The molecule has 2 aromatic carbocycles. The molecule has 0 aromatic heterocycles. The van der Waals surface area contributed by atoms with Gasteiger partial charge >= 0.3 is 0 Å². The van der Waals surface area contributed by atoms with Gasteiger partial charge in [-0.3, -0.25) is 19.2 Å². The average molecular weight is 421 g/mol. The van der Waals surface area contributed by atoms with Crippen molar-refractivity contribution in [3.63, 3.8) is 0 Å². The first-order chi connectivity index (χ1) is 13.6. The monoisotopic (exact) mass is 421 g/mol. The second-order valence-corrected chi connectivity index (χ2v) is 8.35. The SMILES string of the molecule is Cc1cccc(OCCNC(=O)CN(c2cccc([N+](=O)[O-])c2)S(C)(=O)=O)c1C. The van der Waals surface area contributed by atoms with E-state index >= 15 is 0 Å². The average Bonchev–Trinajstić information content (AvgIpc) is 2.65. The van der Waals surface area contributed by atoms with Gasteiger partial charge in [0.2, 0.25) is 15.9 Å². The summed E-state index contributed by atoms with van der Waals surface area (Å²) in [4.78, 5) is 22.5. The Labute approximate surface area is 169 Å². The molecule has 0 heterocycles. The predicted molar refractivity (Wildman–Crippen MR) is 110 cm³/mol. The molecule has 10 heteroatoms. The number of ether oxygens (including phenoxy) is 1. The van der Waals surface area contributed by atoms with Crippen LogP contribution in [0.25, 0.3) is 0 Å². The van der Waals surface area contributed by atoms with Crippen molar-refractivity contribution >= 4 is 27.3 Å². The molecule has 1 amide bonds. The van der Waals surface area contributed by atoms with Gasteiger partial charge < -0.3 is 10.1 Å². The van der Waals surface area contributed by atoms with Crippen molar-refractivity contribution in [2.75, 3.05) is 30.3 Å². The van der Waals surface area contributed by atoms with Gasteiger partial charge in [0, 0.05) is 12.1 Å². The highest BCUT2D eigenvalue weighted by atomic mass is 32.2. The first-order valence-electron chi connectivity index (χ1n) is 8.77. The Kier molecular flexibility index (Phi) is 7.16. The van der Waals surface area contributed by atoms with Gasteiger partial charge in [-0.2, -0.15) is 0 Å². The highest BCUT2D eigenvalue weighted by molar-refractivity contribution is 7.92. The minimum Gasteiger partial charge on any atom is -0.491 e. The molecule has 0 aliphatic carbocycles. The van der Waals surface area contributed by atoms with Gasteiger partial charge in [-0.25, -0.2) is 8.42 Å². The molecule has 0 aliphatic rings. The molecule has 0 spiro atoms. The minimum absolute atomic E-state index is 0.0449. The van der Waals surface area contributed by atoms with Crippen LogP contribution in [0.3, 0.4) is 0 Å². The highest BCUT2D eigenvalue weighted by Gasteiger charge is 2.22. The Balaban J connectivity index is 1.98. The number of benzene rings is 2. The minimum atomic E-state index is -3.82. The lowest BCUT2D eigenvalue weighted by atomic mass is 10.1. The van der Waals surface area contributed by atoms with Crippen molar-refractivity contribution in [1.82, 2.24) is 5.32 Å². The smallest absolute Gasteiger partial charge is 0.271 e. The summed E-state index contributed by atoms with van der Waals surface area (Å²) in [5, 5.41) is 13.5. The molecular formula is C19H23N3O6S. The van der Waals surface area contributed by atoms with Gasteiger partial charge in [0.1, 0.15) is 18.9 Å². The normalized spacial score (nSPS) is 11.0. The van der Waals surface area contributed by atoms with Crippen LogP contribution >= 0.6 is 0 Å². The lowest BCUT2D eigenvalue weighted by Gasteiger charge is -2.21. The van der Waals surface area contributed by atoms with E-state index in [0.29, 0.717) is 5.75 Å². The van der Waals surface area contributed by atoms with Gasteiger partial charge in [0.05, 0.1) is 23.4 Å². The quantitative estimate of drug-likeness (QED) is 0.377. The van der Waals surface area contributed by atoms with Crippen molar-refractivity contribution in [2.24, 2.45) is 0 Å². The summed E-state index contributed by atoms with van der Waals surface area (Å²) < 4.78 is 30.6. The van der Waals surface area contributed by atoms with Gasteiger partial charge in [-0.05, 0) is 37.1 Å². The maximum atomic E-state index is 12.2. The van der Waals surface area contributed by atoms with E-state index in [-0.39, 0.29) is 24.5 Å². The molecule has 9 nitrogen and oxygen atoms in total. The van der Waals surface area contributed by atoms with E-state index in [1.807, 2.05) is 32.0 Å². The molecule has 0 atom stereocenters. The number of nitrogens with one attached hydrogen (secondary N) is 1. The van der Waals surface area contributed by atoms with Crippen molar-refractivity contribution < 1.29 is 22.9 Å². The number of amides is 1. The summed E-state index contributed by atoms with van der Waals surface area (Å²) >= 11 is 0. The van der Waals surface area contributed by atoms with Crippen LogP contribution in [0.1, 0.15) is 11.1 Å². The zero-order chi connectivity index (χ0) is 21.6. The summed E-state index contributed by atoms with van der Waals surface area (Å²) in [6.45, 7) is 3.80. The second-order valence-electron chi connectivity index (χ2n) is 6.44. The lowest BCUT2D eigenvalue weighted by molar-refractivity contribution is -0.384. The van der Waals surface area contributed by atoms with Gasteiger partial charge in [-0.1, -0.05) is 18.2 Å². The topological polar surface area (TPSA) is 119 Å². The van der Waals surface area contributed by atoms with Crippen LogP contribution in [0.2, 0.25) is 0 Å². The Morgan fingerprint density at radius 3 is 2.55 bits per heavy atom. The van der Waals surface area contributed by atoms with E-state index in [1.54, 1.807) is 0 Å². The molecule has 2 aromatic rings. The van der Waals surface area contributed by atoms with Crippen molar-refractivity contribution in [3.8, 4) is 5.75 Å². The number of hydrogen-bond acceptors (Lipinski definition) is 6. The summed E-state index contributed by atoms with van der Waals surface area (Å²) in [7, 11) is -3.82. The fourth-order valence-corrected chi connectivity index (χ4v) is 3.43. The maximum Gasteiger partial charge on any atom is 0.271 e. The maximum absolute atomic E-state index is 12.2. The standard InChI is InChI=1S/C19H23N3O6S/c1-14-6-4-9-18(15(14)2)28-11-10-20-19(23)13-21(29(3,26)27)16-7-5-8-17(12-16)22(24)25/h4-9,12H,10-11,13H2,1-3H3,(H,20,23). The number of sulfonamides is 1. The fraction of sp³-hybridized carbons (Fsp3) is 0.316. The first-order valence-corrected chi connectivity index (χ1v) is 10.6. The molecule has 0 radical (unpaired) electrons. The van der Waals surface area contributed by atoms with Crippen LogP contribution in [0.15, 0.2) is 42.5 Å².